The number of likely N-dealkylation sites (N-methyl/N-ethyl adjacent to an activating group) is 4. The Morgan fingerprint density at radius 2 is 0.639 bits per heavy atom. The number of rotatable bonds is 44. The molecule has 4 saturated heterocycles. The first-order valence-electron chi connectivity index (χ1n) is 54.8. The minimum atomic E-state index is -1.13. The number of likely N-dealkylation sites (tertiary alicyclic amines) is 4. The summed E-state index contributed by atoms with van der Waals surface area (Å²) in [4.78, 5) is 78.6. The summed E-state index contributed by atoms with van der Waals surface area (Å²) in [6, 6.07) is 30.2. The van der Waals surface area contributed by atoms with Gasteiger partial charge in [-0.25, -0.2) is 19.2 Å². The molecule has 812 valence electrons. The number of aliphatic hydroxyl groups is 7. The maximum atomic E-state index is 13.5. The number of aldehydes is 1. The van der Waals surface area contributed by atoms with E-state index >= 15 is 0 Å². The molecule has 8 aliphatic rings. The van der Waals surface area contributed by atoms with Crippen molar-refractivity contribution in [3.8, 4) is 0 Å². The van der Waals surface area contributed by atoms with Crippen LogP contribution in [0, 0.1) is 54.8 Å². The second-order valence-electron chi connectivity index (χ2n) is 44.5. The number of aliphatic hydroxyl groups excluding tert-OH is 3. The summed E-state index contributed by atoms with van der Waals surface area (Å²) in [6.45, 7) is 11.8. The molecule has 0 aromatic heterocycles. The number of hydrogen-bond donors (Lipinski definition) is 12. The first-order chi connectivity index (χ1) is 67.6. The molecule has 4 aliphatic carbocycles. The van der Waals surface area contributed by atoms with Gasteiger partial charge in [-0.05, 0) is 305 Å². The van der Waals surface area contributed by atoms with E-state index in [1.807, 2.05) is 118 Å². The molecule has 30 heteroatoms. The van der Waals surface area contributed by atoms with Gasteiger partial charge in [-0.2, -0.15) is 0 Å². The monoisotopic (exact) mass is 2120 g/mol. The fourth-order valence-corrected chi connectivity index (χ4v) is 25.3. The minimum Gasteiger partial charge on any atom is -1.00 e. The van der Waals surface area contributed by atoms with Crippen molar-refractivity contribution in [2.24, 2.45) is 47.3 Å². The normalized spacial score (nSPS) is 22.0. The van der Waals surface area contributed by atoms with Crippen LogP contribution in [-0.4, -0.2) is 294 Å². The SMILES string of the molecule is CC(O)CCC[C@@](O)(c1cccc(Cl)c1)[C@@H]1CCCN(C(=O)N[C@@H](CC2CCCCC2)CN(C)C)C1.CN(C)C[C@H](CC1CCCCC1)NC(=O)N1CCC[C@@H]([C@@](O)(CCCC=O)c2cccc(Cl)c2)C1.CN(C)C[C@H](CC1CCCCC1)NC(=O)N1CCC[C@@H]([C@@](O)(CCCCO)c2cccc(Cl)c2)C1.CNC[C@H](CC1CCCCC1)NC(=O)N1CCC[C@@H]([C@@](O)(CCCC(C)O)c2cccc(Cl)c2)C1.[CH3-].[Cl-].[Mg+2]. The third-order valence-electron chi connectivity index (χ3n) is 31.9. The number of benzene rings is 4. The van der Waals surface area contributed by atoms with Gasteiger partial charge in [0.2, 0.25) is 0 Å². The van der Waals surface area contributed by atoms with Crippen molar-refractivity contribution in [1.29, 1.82) is 0 Å². The van der Waals surface area contributed by atoms with Crippen molar-refractivity contribution in [1.82, 2.24) is 60.9 Å². The zero-order chi connectivity index (χ0) is 102. The Hall–Kier alpha value is -4.59. The molecule has 8 fully saturated rings. The summed E-state index contributed by atoms with van der Waals surface area (Å²) < 4.78 is 0. The van der Waals surface area contributed by atoms with E-state index in [4.69, 9.17) is 46.4 Å². The van der Waals surface area contributed by atoms with Gasteiger partial charge in [0.1, 0.15) is 6.29 Å². The van der Waals surface area contributed by atoms with Crippen molar-refractivity contribution in [3.63, 3.8) is 0 Å². The number of piperidine rings is 4. The molecule has 4 saturated carbocycles. The molecule has 4 aliphatic heterocycles. The number of nitrogens with one attached hydrogen (secondary N) is 5. The van der Waals surface area contributed by atoms with E-state index in [0.717, 1.165) is 132 Å². The van der Waals surface area contributed by atoms with Crippen molar-refractivity contribution in [2.75, 3.05) is 134 Å². The molecular formula is C114H187Cl5MgN12O12. The van der Waals surface area contributed by atoms with Crippen LogP contribution in [0.25, 0.3) is 0 Å². The molecule has 0 spiro atoms. The summed E-state index contributed by atoms with van der Waals surface area (Å²) in [5, 5.41) is 95.8. The molecule has 4 heterocycles. The van der Waals surface area contributed by atoms with Gasteiger partial charge >= 0.3 is 47.2 Å². The van der Waals surface area contributed by atoms with Crippen LogP contribution < -0.4 is 39.0 Å². The zero-order valence-corrected chi connectivity index (χ0v) is 94.8. The molecule has 144 heavy (non-hydrogen) atoms. The second-order valence-corrected chi connectivity index (χ2v) is 46.2. The summed E-state index contributed by atoms with van der Waals surface area (Å²) in [7, 11) is 14.3. The fourth-order valence-electron chi connectivity index (χ4n) is 24.5. The fraction of sp³-hybridized carbons (Fsp3) is 0.737. The van der Waals surface area contributed by atoms with Crippen LogP contribution in [0.4, 0.5) is 19.2 Å². The van der Waals surface area contributed by atoms with Crippen LogP contribution in [-0.2, 0) is 27.2 Å². The van der Waals surface area contributed by atoms with Crippen molar-refractivity contribution in [3.05, 3.63) is 147 Å². The van der Waals surface area contributed by atoms with Crippen LogP contribution in [0.5, 0.6) is 0 Å². The number of carbonyl (C=O) groups is 5. The van der Waals surface area contributed by atoms with Gasteiger partial charge in [0.25, 0.3) is 0 Å². The third kappa shape index (κ3) is 42.8. The Kier molecular flexibility index (Phi) is 59.6. The minimum absolute atomic E-state index is 0. The molecular weight excluding hydrogens is 1930 g/mol. The van der Waals surface area contributed by atoms with Crippen LogP contribution >= 0.6 is 46.4 Å². The maximum absolute atomic E-state index is 13.5. The van der Waals surface area contributed by atoms with Crippen molar-refractivity contribution >= 4 is 99.9 Å². The third-order valence-corrected chi connectivity index (χ3v) is 32.9. The first kappa shape index (κ1) is 128. The van der Waals surface area contributed by atoms with Crippen LogP contribution in [0.2, 0.25) is 20.1 Å². The molecule has 12 N–H and O–H groups in total. The molecule has 14 atom stereocenters. The smallest absolute Gasteiger partial charge is 1.00 e. The van der Waals surface area contributed by atoms with Gasteiger partial charge in [-0.1, -0.05) is 223 Å². The summed E-state index contributed by atoms with van der Waals surface area (Å²) >= 11 is 25.1. The molecule has 4 aromatic carbocycles. The molecule has 0 bridgehead atoms. The number of carbonyl (C=O) groups excluding carboxylic acids is 5. The summed E-state index contributed by atoms with van der Waals surface area (Å²) in [6.07, 6.45) is 44.0. The first-order valence-corrected chi connectivity index (χ1v) is 56.3. The molecule has 12 rings (SSSR count). The average molecular weight is 2120 g/mol. The van der Waals surface area contributed by atoms with E-state index in [1.54, 1.807) is 19.9 Å². The second kappa shape index (κ2) is 67.1. The maximum Gasteiger partial charge on any atom is 2.00 e. The Morgan fingerprint density at radius 3 is 0.875 bits per heavy atom. The van der Waals surface area contributed by atoms with Gasteiger partial charge in [0.15, 0.2) is 0 Å². The topological polar surface area (TPSA) is 310 Å². The van der Waals surface area contributed by atoms with Crippen molar-refractivity contribution < 1.29 is 72.1 Å². The van der Waals surface area contributed by atoms with E-state index in [0.29, 0.717) is 173 Å². The summed E-state index contributed by atoms with van der Waals surface area (Å²) in [5.74, 6) is 2.41. The van der Waals surface area contributed by atoms with Gasteiger partial charge in [0, 0.05) is 159 Å². The molecule has 24 nitrogen and oxygen atoms in total. The zero-order valence-electron chi connectivity index (χ0n) is 89.6. The van der Waals surface area contributed by atoms with Crippen molar-refractivity contribution in [2.45, 2.75) is 355 Å². The number of urea groups is 4. The van der Waals surface area contributed by atoms with Crippen LogP contribution in [0.15, 0.2) is 97.1 Å². The van der Waals surface area contributed by atoms with E-state index in [1.165, 1.54) is 128 Å². The van der Waals surface area contributed by atoms with Gasteiger partial charge in [0.05, 0.1) is 34.6 Å². The Labute approximate surface area is 909 Å². The largest absolute Gasteiger partial charge is 2.00 e. The van der Waals surface area contributed by atoms with Gasteiger partial charge in [-0.15, -0.1) is 0 Å². The molecule has 0 radical (unpaired) electrons. The average Bonchev–Trinajstić information content (AvgIpc) is 0.793. The summed E-state index contributed by atoms with van der Waals surface area (Å²) in [5.41, 5.74) is -1.22. The molecule has 8 amide bonds. The Morgan fingerprint density at radius 1 is 0.389 bits per heavy atom. The Bertz CT molecular complexity index is 4270. The number of halogens is 5. The number of hydrogen-bond acceptors (Lipinski definition) is 16. The predicted octanol–water partition coefficient (Wildman–Crippen LogP) is 17.8. The van der Waals surface area contributed by atoms with E-state index in [2.05, 4.69) is 83.6 Å². The number of unbranched alkanes of at least 4 members (excludes halogenated alkanes) is 2. The van der Waals surface area contributed by atoms with Gasteiger partial charge in [-0.3, -0.25) is 0 Å². The molecule has 4 aromatic rings. The number of amides is 8. The van der Waals surface area contributed by atoms with E-state index in [9.17, 15) is 59.7 Å². The molecule has 2 unspecified atom stereocenters. The van der Waals surface area contributed by atoms with Crippen LogP contribution in [0.1, 0.15) is 319 Å². The quantitative estimate of drug-likeness (QED) is 0.00848. The van der Waals surface area contributed by atoms with Gasteiger partial charge < -0.3 is 121 Å². The van der Waals surface area contributed by atoms with Crippen LogP contribution in [0.3, 0.4) is 0 Å². The number of nitrogens with zero attached hydrogens (tertiary/aromatic N) is 7. The predicted molar refractivity (Wildman–Crippen MR) is 586 cm³/mol. The Balaban J connectivity index is 0.000000292. The van der Waals surface area contributed by atoms with E-state index in [-0.39, 0.29) is 121 Å². The van der Waals surface area contributed by atoms with E-state index < -0.39 is 34.6 Å². The standard InChI is InChI=1S/C29H48ClN3O3.2C28H46ClN3O3.C28H44ClN3O3.CH3.ClH.Mg/c1-22(34)10-8-16-29(36,24-13-7-15-26(30)19-24)25-14-9-17-33(20-25)28(35)31-27(21-32(2)3)18-23-11-5-4-6-12-23;1-21(33)9-7-15-28(35,23-12-6-14-25(29)18-23)24-13-8-16-32(20-24)27(34)31-26(19-30-2)17-22-10-4-3-5-11-22;2*1-31(2)21-26(18-22-10-4-3-5-11-22)30-27(34)32-16-9-13-24(20-32)28(35,15-6-7-17-33)23-12-8-14-25(29)19-23;;;/h7,13,15,19,22-23,25,27,34,36H,4-6,8-12,14,16-18,20-21H2,1-3H3,(H,31,35);6,12,14,18,21-22,24,26,30,33,35H,3-5,7-11,13,15-17,19-20H2,1-2H3,(H,31,34);8,12,14,19,22,24,26,33,35H,3-7,9-11,13,15-18,20-21H2,1-2H3,(H,30,34);8,12,14,17,19,22,24,26,35H,3-7,9-11,13,15-16,18,20-21H2,1-2H3,(H,30,34);1H3;1H;/q;;;;-1;;+2/p-1/t22?,25-,27+,29-;21?,24-,26+,28-;2*24-,26+,28-;;;/m1111.../s1.